The average molecular weight is 115 g/mol. The molecule has 0 aromatic heterocycles. The quantitative estimate of drug-likeness (QED) is 0.500. The predicted octanol–water partition coefficient (Wildman–Crippen LogP) is 2.37. The normalized spacial score (nSPS) is 9.75. The zero-order chi connectivity index (χ0) is 6.24. The van der Waals surface area contributed by atoms with Gasteiger partial charge >= 0.3 is 0 Å². The molecule has 0 N–H and O–H groups in total. The molecule has 8 heavy (non-hydrogen) atoms. The molecule has 0 unspecified atom stereocenters. The Labute approximate surface area is 52.0 Å². The van der Waals surface area contributed by atoms with Crippen LogP contribution in [-0.4, -0.2) is 6.61 Å². The Morgan fingerprint density at radius 1 is 1.38 bits per heavy atom. The largest absolute Gasteiger partial charge is 0.376 e. The van der Waals surface area contributed by atoms with Gasteiger partial charge in [-0.1, -0.05) is 19.8 Å². The Kier molecular flexibility index (Phi) is 6.93. The molecule has 0 aliphatic rings. The van der Waals surface area contributed by atoms with Crippen molar-refractivity contribution in [2.75, 3.05) is 6.61 Å². The lowest BCUT2D eigenvalue weighted by Crippen LogP contribution is -1.84. The lowest BCUT2D eigenvalue weighted by Gasteiger charge is -1.95. The molecule has 0 atom stereocenters. The van der Waals surface area contributed by atoms with E-state index < -0.39 is 0 Å². The zero-order valence-electron chi connectivity index (χ0n) is 5.81. The van der Waals surface area contributed by atoms with E-state index in [2.05, 4.69) is 6.92 Å². The molecule has 0 aromatic carbocycles. The van der Waals surface area contributed by atoms with Crippen molar-refractivity contribution in [3.8, 4) is 0 Å². The first-order valence-electron chi connectivity index (χ1n) is 3.35. The summed E-state index contributed by atoms with van der Waals surface area (Å²) in [5.41, 5.74) is 0. The summed E-state index contributed by atoms with van der Waals surface area (Å²) in [7, 11) is 0. The van der Waals surface area contributed by atoms with E-state index in [0.29, 0.717) is 0 Å². The maximum absolute atomic E-state index is 5.01. The van der Waals surface area contributed by atoms with Crippen molar-refractivity contribution in [3.05, 3.63) is 6.61 Å². The fraction of sp³-hybridized carbons (Fsp3) is 0.857. The average Bonchev–Trinajstić information content (AvgIpc) is 1.81. The molecular weight excluding hydrogens is 100 g/mol. The van der Waals surface area contributed by atoms with Gasteiger partial charge in [0.25, 0.3) is 0 Å². The van der Waals surface area contributed by atoms with Crippen molar-refractivity contribution in [2.24, 2.45) is 0 Å². The monoisotopic (exact) mass is 115 g/mol. The Morgan fingerprint density at radius 2 is 2.12 bits per heavy atom. The fourth-order valence-corrected chi connectivity index (χ4v) is 0.489. The van der Waals surface area contributed by atoms with Crippen LogP contribution in [0.5, 0.6) is 0 Å². The van der Waals surface area contributed by atoms with Crippen molar-refractivity contribution in [3.63, 3.8) is 0 Å². The van der Waals surface area contributed by atoms with E-state index in [4.69, 9.17) is 4.74 Å². The highest BCUT2D eigenvalue weighted by Gasteiger charge is 1.83. The van der Waals surface area contributed by atoms with Crippen molar-refractivity contribution in [2.45, 2.75) is 33.1 Å². The van der Waals surface area contributed by atoms with E-state index in [1.807, 2.05) is 13.5 Å². The summed E-state index contributed by atoms with van der Waals surface area (Å²) in [5.74, 6) is 0. The molecule has 0 heterocycles. The third-order valence-electron chi connectivity index (χ3n) is 0.960. The molecule has 0 saturated heterocycles. The smallest absolute Gasteiger partial charge is 0.0836 e. The fourth-order valence-electron chi connectivity index (χ4n) is 0.489. The van der Waals surface area contributed by atoms with E-state index in [1.165, 1.54) is 12.8 Å². The molecule has 1 radical (unpaired) electrons. The highest BCUT2D eigenvalue weighted by atomic mass is 16.5. The van der Waals surface area contributed by atoms with Gasteiger partial charge in [0.15, 0.2) is 0 Å². The molecule has 0 saturated carbocycles. The minimum absolute atomic E-state index is 0.809. The summed E-state index contributed by atoms with van der Waals surface area (Å²) in [6, 6.07) is 0. The highest BCUT2D eigenvalue weighted by Crippen LogP contribution is 1.97. The molecule has 0 aromatic rings. The summed E-state index contributed by atoms with van der Waals surface area (Å²) >= 11 is 0. The van der Waals surface area contributed by atoms with Crippen LogP contribution in [-0.2, 0) is 4.74 Å². The lowest BCUT2D eigenvalue weighted by molar-refractivity contribution is 0.206. The Hall–Kier alpha value is -0.0400. The van der Waals surface area contributed by atoms with E-state index >= 15 is 0 Å². The Bertz CT molecular complexity index is 29.4. The first-order chi connectivity index (χ1) is 3.91. The minimum atomic E-state index is 0.809. The summed E-state index contributed by atoms with van der Waals surface area (Å²) in [6.07, 6.45) is 3.61. The van der Waals surface area contributed by atoms with E-state index in [9.17, 15) is 0 Å². The summed E-state index contributed by atoms with van der Waals surface area (Å²) in [4.78, 5) is 0. The van der Waals surface area contributed by atoms with E-state index in [0.717, 1.165) is 13.0 Å². The van der Waals surface area contributed by atoms with Gasteiger partial charge in [0.2, 0.25) is 0 Å². The molecule has 0 fully saturated rings. The number of hydrogen-bond acceptors (Lipinski definition) is 1. The first-order valence-corrected chi connectivity index (χ1v) is 3.35. The molecule has 1 nitrogen and oxygen atoms in total. The van der Waals surface area contributed by atoms with Crippen LogP contribution in [0, 0.1) is 6.61 Å². The topological polar surface area (TPSA) is 9.23 Å². The highest BCUT2D eigenvalue weighted by molar-refractivity contribution is 4.48. The maximum Gasteiger partial charge on any atom is 0.0836 e. The lowest BCUT2D eigenvalue weighted by atomic mass is 10.3. The van der Waals surface area contributed by atoms with Crippen molar-refractivity contribution >= 4 is 0 Å². The molecule has 0 bridgehead atoms. The third kappa shape index (κ3) is 5.96. The molecule has 1 heteroatoms. The zero-order valence-corrected chi connectivity index (χ0v) is 5.81. The van der Waals surface area contributed by atoms with Gasteiger partial charge in [-0.3, -0.25) is 0 Å². The Balaban J connectivity index is 2.53. The van der Waals surface area contributed by atoms with Crippen molar-refractivity contribution in [1.82, 2.24) is 0 Å². The SMILES string of the molecule is CCCC[CH]OCC. The standard InChI is InChI=1S/C7H15O/c1-3-5-6-7-8-4-2/h7H,3-6H2,1-2H3. The molecule has 0 rings (SSSR count). The third-order valence-corrected chi connectivity index (χ3v) is 0.960. The van der Waals surface area contributed by atoms with Gasteiger partial charge in [0.05, 0.1) is 6.61 Å². The van der Waals surface area contributed by atoms with Gasteiger partial charge in [-0.2, -0.15) is 0 Å². The molecule has 49 valence electrons. The van der Waals surface area contributed by atoms with Crippen molar-refractivity contribution < 1.29 is 4.74 Å². The summed E-state index contributed by atoms with van der Waals surface area (Å²) in [6.45, 7) is 6.88. The second-order valence-corrected chi connectivity index (χ2v) is 1.76. The van der Waals surface area contributed by atoms with Gasteiger partial charge in [-0.05, 0) is 13.3 Å². The molecule has 0 spiro atoms. The van der Waals surface area contributed by atoms with E-state index in [1.54, 1.807) is 0 Å². The molecule has 0 aliphatic heterocycles. The maximum atomic E-state index is 5.01. The molecular formula is C7H15O. The minimum Gasteiger partial charge on any atom is -0.376 e. The van der Waals surface area contributed by atoms with Gasteiger partial charge in [0, 0.05) is 6.61 Å². The van der Waals surface area contributed by atoms with Gasteiger partial charge in [-0.25, -0.2) is 0 Å². The van der Waals surface area contributed by atoms with Crippen LogP contribution in [0.1, 0.15) is 33.1 Å². The second-order valence-electron chi connectivity index (χ2n) is 1.76. The Morgan fingerprint density at radius 3 is 2.62 bits per heavy atom. The van der Waals surface area contributed by atoms with Crippen LogP contribution >= 0.6 is 0 Å². The van der Waals surface area contributed by atoms with Crippen LogP contribution in [0.4, 0.5) is 0 Å². The number of unbranched alkanes of at least 4 members (excludes halogenated alkanes) is 2. The van der Waals surface area contributed by atoms with Crippen LogP contribution < -0.4 is 0 Å². The number of rotatable bonds is 5. The van der Waals surface area contributed by atoms with Gasteiger partial charge in [0.1, 0.15) is 0 Å². The van der Waals surface area contributed by atoms with Crippen molar-refractivity contribution in [1.29, 1.82) is 0 Å². The first kappa shape index (κ1) is 7.96. The van der Waals surface area contributed by atoms with Crippen LogP contribution in [0.2, 0.25) is 0 Å². The predicted molar refractivity (Wildman–Crippen MR) is 35.5 cm³/mol. The van der Waals surface area contributed by atoms with E-state index in [-0.39, 0.29) is 0 Å². The summed E-state index contributed by atoms with van der Waals surface area (Å²) < 4.78 is 5.01. The van der Waals surface area contributed by atoms with Gasteiger partial charge < -0.3 is 4.74 Å². The molecule has 0 aliphatic carbocycles. The number of ether oxygens (including phenoxy) is 1. The van der Waals surface area contributed by atoms with Crippen LogP contribution in [0.25, 0.3) is 0 Å². The van der Waals surface area contributed by atoms with Crippen LogP contribution in [0.3, 0.4) is 0 Å². The van der Waals surface area contributed by atoms with Gasteiger partial charge in [-0.15, -0.1) is 0 Å². The summed E-state index contributed by atoms with van der Waals surface area (Å²) in [5, 5.41) is 0. The van der Waals surface area contributed by atoms with Crippen LogP contribution in [0.15, 0.2) is 0 Å². The molecule has 0 amide bonds. The second kappa shape index (κ2) is 6.96. The number of hydrogen-bond donors (Lipinski definition) is 0.